The zero-order valence-electron chi connectivity index (χ0n) is 18.3. The number of likely N-dealkylation sites (N-methyl/N-ethyl adjacent to an activating group) is 1. The summed E-state index contributed by atoms with van der Waals surface area (Å²) in [7, 11) is 1.62. The summed E-state index contributed by atoms with van der Waals surface area (Å²) in [6, 6.07) is 18.1. The Balaban J connectivity index is 1.48. The van der Waals surface area contributed by atoms with Crippen LogP contribution in [0.5, 0.6) is 0 Å². The average molecular weight is 475 g/mol. The van der Waals surface area contributed by atoms with E-state index in [1.165, 1.54) is 9.30 Å². The predicted octanol–water partition coefficient (Wildman–Crippen LogP) is 3.84. The average Bonchev–Trinajstić information content (AvgIpc) is 3.44. The van der Waals surface area contributed by atoms with Crippen molar-refractivity contribution in [1.29, 1.82) is 0 Å². The number of hydrogen-bond donors (Lipinski definition) is 0. The number of amides is 1. The molecule has 0 N–H and O–H groups in total. The van der Waals surface area contributed by atoms with Gasteiger partial charge in [0, 0.05) is 29.5 Å². The van der Waals surface area contributed by atoms with Gasteiger partial charge in [-0.15, -0.1) is 5.10 Å². The summed E-state index contributed by atoms with van der Waals surface area (Å²) in [5.41, 5.74) is 2.85. The van der Waals surface area contributed by atoms with Gasteiger partial charge in [0.2, 0.25) is 11.7 Å². The number of benzene rings is 2. The molecule has 5 aromatic rings. The molecular formula is C24H19ClN6O3. The molecule has 10 heteroatoms. The number of rotatable bonds is 5. The maximum Gasteiger partial charge on any atom is 0.350 e. The van der Waals surface area contributed by atoms with E-state index in [-0.39, 0.29) is 18.3 Å². The second kappa shape index (κ2) is 8.60. The normalized spacial score (nSPS) is 11.1. The molecule has 0 aliphatic carbocycles. The molecule has 0 radical (unpaired) electrons. The van der Waals surface area contributed by atoms with E-state index in [4.69, 9.17) is 16.1 Å². The summed E-state index contributed by atoms with van der Waals surface area (Å²) in [5.74, 6) is 0.330. The van der Waals surface area contributed by atoms with Crippen LogP contribution in [-0.4, -0.2) is 37.3 Å². The zero-order chi connectivity index (χ0) is 23.8. The maximum absolute atomic E-state index is 12.9. The van der Waals surface area contributed by atoms with Crippen molar-refractivity contribution in [3.05, 3.63) is 87.9 Å². The molecule has 0 spiro atoms. The van der Waals surface area contributed by atoms with E-state index in [1.54, 1.807) is 49.6 Å². The highest BCUT2D eigenvalue weighted by atomic mass is 35.5. The van der Waals surface area contributed by atoms with Crippen LogP contribution >= 0.6 is 11.6 Å². The molecule has 0 saturated heterocycles. The van der Waals surface area contributed by atoms with Crippen molar-refractivity contribution in [3.63, 3.8) is 0 Å². The molecule has 0 aliphatic heterocycles. The molecule has 1 amide bonds. The van der Waals surface area contributed by atoms with E-state index >= 15 is 0 Å². The molecule has 0 saturated carbocycles. The lowest BCUT2D eigenvalue weighted by Crippen LogP contribution is -2.34. The first-order valence-electron chi connectivity index (χ1n) is 10.4. The minimum atomic E-state index is -0.455. The van der Waals surface area contributed by atoms with E-state index in [0.717, 1.165) is 15.8 Å². The van der Waals surface area contributed by atoms with Gasteiger partial charge in [-0.1, -0.05) is 46.6 Å². The molecule has 170 valence electrons. The van der Waals surface area contributed by atoms with Crippen molar-refractivity contribution in [2.24, 2.45) is 0 Å². The summed E-state index contributed by atoms with van der Waals surface area (Å²) >= 11 is 6.03. The summed E-state index contributed by atoms with van der Waals surface area (Å²) < 4.78 is 7.93. The molecule has 0 atom stereocenters. The standard InChI is InChI=1S/C24H19ClN6O3/c1-15-6-3-7-16(12-15)21-26-23(34-28-21)19-10-5-11-30-22(19)27-31(24(30)33)14-20(32)29(2)18-9-4-8-17(25)13-18/h3-13H,14H2,1-2H3. The lowest BCUT2D eigenvalue weighted by atomic mass is 10.1. The van der Waals surface area contributed by atoms with Crippen LogP contribution < -0.4 is 10.6 Å². The zero-order valence-corrected chi connectivity index (χ0v) is 19.1. The molecule has 34 heavy (non-hydrogen) atoms. The van der Waals surface area contributed by atoms with Gasteiger partial charge in [0.1, 0.15) is 6.54 Å². The van der Waals surface area contributed by atoms with Gasteiger partial charge in [0.15, 0.2) is 5.65 Å². The molecule has 3 aromatic heterocycles. The first-order chi connectivity index (χ1) is 16.4. The Morgan fingerprint density at radius 2 is 1.94 bits per heavy atom. The Kier molecular flexibility index (Phi) is 5.46. The molecule has 5 rings (SSSR count). The van der Waals surface area contributed by atoms with Crippen molar-refractivity contribution in [2.45, 2.75) is 13.5 Å². The summed E-state index contributed by atoms with van der Waals surface area (Å²) in [4.78, 5) is 31.7. The number of aromatic nitrogens is 5. The van der Waals surface area contributed by atoms with Gasteiger partial charge in [0.25, 0.3) is 5.89 Å². The molecule has 3 heterocycles. The Labute approximate surface area is 198 Å². The smallest absolute Gasteiger partial charge is 0.333 e. The van der Waals surface area contributed by atoms with Gasteiger partial charge in [-0.3, -0.25) is 4.79 Å². The third-order valence-corrected chi connectivity index (χ3v) is 5.63. The minimum Gasteiger partial charge on any atom is -0.333 e. The highest BCUT2D eigenvalue weighted by molar-refractivity contribution is 6.30. The maximum atomic E-state index is 12.9. The molecular weight excluding hydrogens is 456 g/mol. The van der Waals surface area contributed by atoms with Crippen LogP contribution in [-0.2, 0) is 11.3 Å². The van der Waals surface area contributed by atoms with Gasteiger partial charge in [-0.25, -0.2) is 13.9 Å². The van der Waals surface area contributed by atoms with E-state index in [0.29, 0.717) is 27.7 Å². The predicted molar refractivity (Wildman–Crippen MR) is 128 cm³/mol. The number of halogens is 1. The monoisotopic (exact) mass is 474 g/mol. The number of nitrogens with zero attached hydrogens (tertiary/aromatic N) is 6. The number of aryl methyl sites for hydroxylation is 1. The first-order valence-corrected chi connectivity index (χ1v) is 10.8. The van der Waals surface area contributed by atoms with Gasteiger partial charge in [-0.2, -0.15) is 4.98 Å². The number of carbonyl (C=O) groups is 1. The van der Waals surface area contributed by atoms with Gasteiger partial charge in [0.05, 0.1) is 5.56 Å². The molecule has 0 unspecified atom stereocenters. The van der Waals surface area contributed by atoms with Crippen LogP contribution in [0.1, 0.15) is 5.56 Å². The molecule has 2 aromatic carbocycles. The third-order valence-electron chi connectivity index (χ3n) is 5.40. The Morgan fingerprint density at radius 1 is 1.12 bits per heavy atom. The molecule has 0 fully saturated rings. The number of hydrogen-bond acceptors (Lipinski definition) is 6. The van der Waals surface area contributed by atoms with Crippen molar-refractivity contribution in [1.82, 2.24) is 24.3 Å². The fourth-order valence-electron chi connectivity index (χ4n) is 3.61. The van der Waals surface area contributed by atoms with E-state index in [9.17, 15) is 9.59 Å². The number of pyridine rings is 1. The van der Waals surface area contributed by atoms with Crippen molar-refractivity contribution < 1.29 is 9.32 Å². The highest BCUT2D eigenvalue weighted by Crippen LogP contribution is 2.25. The molecule has 0 bridgehead atoms. The quantitative estimate of drug-likeness (QED) is 0.384. The molecule has 0 aliphatic rings. The second-order valence-corrected chi connectivity index (χ2v) is 8.22. The Bertz CT molecular complexity index is 1590. The third kappa shape index (κ3) is 3.97. The van der Waals surface area contributed by atoms with Crippen LogP contribution in [0.4, 0.5) is 5.69 Å². The van der Waals surface area contributed by atoms with Crippen molar-refractivity contribution in [3.8, 4) is 22.8 Å². The van der Waals surface area contributed by atoms with Gasteiger partial charge in [-0.05, 0) is 43.3 Å². The number of fused-ring (bicyclic) bond motifs is 1. The summed E-state index contributed by atoms with van der Waals surface area (Å²) in [6.45, 7) is 1.73. The number of carbonyl (C=O) groups excluding carboxylic acids is 1. The van der Waals surface area contributed by atoms with E-state index in [1.807, 2.05) is 31.2 Å². The lowest BCUT2D eigenvalue weighted by molar-refractivity contribution is -0.119. The Morgan fingerprint density at radius 3 is 2.74 bits per heavy atom. The van der Waals surface area contributed by atoms with Crippen LogP contribution in [0.2, 0.25) is 5.02 Å². The van der Waals surface area contributed by atoms with E-state index in [2.05, 4.69) is 15.2 Å². The largest absolute Gasteiger partial charge is 0.350 e. The van der Waals surface area contributed by atoms with Crippen LogP contribution in [0.3, 0.4) is 0 Å². The van der Waals surface area contributed by atoms with Gasteiger partial charge < -0.3 is 9.42 Å². The fourth-order valence-corrected chi connectivity index (χ4v) is 3.79. The molecule has 9 nitrogen and oxygen atoms in total. The van der Waals surface area contributed by atoms with Crippen LogP contribution in [0.25, 0.3) is 28.5 Å². The van der Waals surface area contributed by atoms with Crippen molar-refractivity contribution >= 4 is 28.8 Å². The summed E-state index contributed by atoms with van der Waals surface area (Å²) in [5, 5.41) is 8.97. The highest BCUT2D eigenvalue weighted by Gasteiger charge is 2.20. The Hall–Kier alpha value is -4.24. The lowest BCUT2D eigenvalue weighted by Gasteiger charge is -2.17. The first kappa shape index (κ1) is 21.6. The summed E-state index contributed by atoms with van der Waals surface area (Å²) in [6.07, 6.45) is 1.58. The van der Waals surface area contributed by atoms with E-state index < -0.39 is 5.69 Å². The SMILES string of the molecule is Cc1cccc(-c2noc(-c3cccn4c(=O)n(CC(=O)N(C)c5cccc(Cl)c5)nc34)n2)c1. The fraction of sp³-hybridized carbons (Fsp3) is 0.125. The number of anilines is 1. The van der Waals surface area contributed by atoms with Gasteiger partial charge >= 0.3 is 5.69 Å². The van der Waals surface area contributed by atoms with Crippen molar-refractivity contribution in [2.75, 3.05) is 11.9 Å². The van der Waals surface area contributed by atoms with Crippen LogP contribution in [0, 0.1) is 6.92 Å². The second-order valence-electron chi connectivity index (χ2n) is 7.78. The topological polar surface area (TPSA) is 98.5 Å². The van der Waals surface area contributed by atoms with Crippen LogP contribution in [0.15, 0.2) is 76.2 Å². The minimum absolute atomic E-state index is 0.224.